The molecule has 0 heterocycles. The summed E-state index contributed by atoms with van der Waals surface area (Å²) in [6.07, 6.45) is 1.29. The van der Waals surface area contributed by atoms with Gasteiger partial charge in [-0.15, -0.1) is 0 Å². The first-order chi connectivity index (χ1) is 6.86. The van der Waals surface area contributed by atoms with Gasteiger partial charge >= 0.3 is 0 Å². The van der Waals surface area contributed by atoms with E-state index in [-0.39, 0.29) is 0 Å². The molecule has 0 amide bonds. The van der Waals surface area contributed by atoms with Crippen molar-refractivity contribution in [2.75, 3.05) is 20.7 Å². The van der Waals surface area contributed by atoms with Crippen LogP contribution in [0.4, 0.5) is 0 Å². The molecule has 0 spiro atoms. The Morgan fingerprint density at radius 1 is 1.43 bits per heavy atom. The molecule has 2 atom stereocenters. The SMILES string of the molecule is CNC[C@@H]1C[C@@H]1c1ccccc1OC. The molecule has 1 aliphatic rings. The maximum atomic E-state index is 5.35. The summed E-state index contributed by atoms with van der Waals surface area (Å²) in [6.45, 7) is 1.11. The normalized spacial score (nSPS) is 24.7. The Kier molecular flexibility index (Phi) is 2.73. The summed E-state index contributed by atoms with van der Waals surface area (Å²) in [6, 6.07) is 8.34. The number of nitrogens with one attached hydrogen (secondary N) is 1. The lowest BCUT2D eigenvalue weighted by Crippen LogP contribution is -2.10. The zero-order valence-corrected chi connectivity index (χ0v) is 8.79. The van der Waals surface area contributed by atoms with Crippen LogP contribution in [-0.2, 0) is 0 Å². The van der Waals surface area contributed by atoms with E-state index < -0.39 is 0 Å². The van der Waals surface area contributed by atoms with Gasteiger partial charge in [0.05, 0.1) is 7.11 Å². The molecule has 1 saturated carbocycles. The minimum Gasteiger partial charge on any atom is -0.496 e. The van der Waals surface area contributed by atoms with Crippen LogP contribution in [0.1, 0.15) is 17.9 Å². The molecule has 0 aromatic heterocycles. The molecule has 76 valence electrons. The molecule has 0 unspecified atom stereocenters. The fourth-order valence-corrected chi connectivity index (χ4v) is 2.09. The zero-order valence-electron chi connectivity index (χ0n) is 8.79. The van der Waals surface area contributed by atoms with Crippen molar-refractivity contribution in [2.45, 2.75) is 12.3 Å². The molecule has 2 rings (SSSR count). The van der Waals surface area contributed by atoms with Crippen molar-refractivity contribution in [3.63, 3.8) is 0 Å². The van der Waals surface area contributed by atoms with Crippen LogP contribution < -0.4 is 10.1 Å². The topological polar surface area (TPSA) is 21.3 Å². The maximum absolute atomic E-state index is 5.35. The van der Waals surface area contributed by atoms with E-state index in [2.05, 4.69) is 17.4 Å². The van der Waals surface area contributed by atoms with Crippen molar-refractivity contribution in [1.29, 1.82) is 0 Å². The average molecular weight is 191 g/mol. The first-order valence-electron chi connectivity index (χ1n) is 5.14. The number of hydrogen-bond donors (Lipinski definition) is 1. The minimum absolute atomic E-state index is 0.707. The van der Waals surface area contributed by atoms with E-state index in [1.807, 2.05) is 19.2 Å². The number of rotatable bonds is 4. The van der Waals surface area contributed by atoms with Crippen LogP contribution in [0.25, 0.3) is 0 Å². The summed E-state index contributed by atoms with van der Waals surface area (Å²) >= 11 is 0. The third kappa shape index (κ3) is 1.75. The van der Waals surface area contributed by atoms with Gasteiger partial charge in [0.25, 0.3) is 0 Å². The van der Waals surface area contributed by atoms with Crippen LogP contribution in [-0.4, -0.2) is 20.7 Å². The molecular weight excluding hydrogens is 174 g/mol. The smallest absolute Gasteiger partial charge is 0.122 e. The van der Waals surface area contributed by atoms with Gasteiger partial charge < -0.3 is 10.1 Å². The fraction of sp³-hybridized carbons (Fsp3) is 0.500. The zero-order chi connectivity index (χ0) is 9.97. The van der Waals surface area contributed by atoms with Crippen LogP contribution >= 0.6 is 0 Å². The minimum atomic E-state index is 0.707. The molecular formula is C12H17NO. The largest absolute Gasteiger partial charge is 0.496 e. The molecule has 1 fully saturated rings. The summed E-state index contributed by atoms with van der Waals surface area (Å²) in [7, 11) is 3.76. The van der Waals surface area contributed by atoms with Gasteiger partial charge in [0.15, 0.2) is 0 Å². The first kappa shape index (κ1) is 9.53. The highest BCUT2D eigenvalue weighted by Gasteiger charge is 2.38. The van der Waals surface area contributed by atoms with Crippen molar-refractivity contribution >= 4 is 0 Å². The Morgan fingerprint density at radius 3 is 2.93 bits per heavy atom. The van der Waals surface area contributed by atoms with Crippen LogP contribution in [0.3, 0.4) is 0 Å². The molecule has 2 nitrogen and oxygen atoms in total. The number of benzene rings is 1. The number of hydrogen-bond acceptors (Lipinski definition) is 2. The summed E-state index contributed by atoms with van der Waals surface area (Å²) in [5.41, 5.74) is 1.37. The molecule has 1 aromatic carbocycles. The summed E-state index contributed by atoms with van der Waals surface area (Å²) in [5, 5.41) is 3.23. The van der Waals surface area contributed by atoms with Crippen molar-refractivity contribution in [2.24, 2.45) is 5.92 Å². The molecule has 14 heavy (non-hydrogen) atoms. The van der Waals surface area contributed by atoms with E-state index in [0.29, 0.717) is 5.92 Å². The van der Waals surface area contributed by atoms with Crippen LogP contribution in [0.15, 0.2) is 24.3 Å². The third-order valence-corrected chi connectivity index (χ3v) is 2.93. The van der Waals surface area contributed by atoms with E-state index in [1.54, 1.807) is 7.11 Å². The van der Waals surface area contributed by atoms with Crippen LogP contribution in [0.2, 0.25) is 0 Å². The second kappa shape index (κ2) is 4.01. The summed E-state index contributed by atoms with van der Waals surface area (Å²) in [5.74, 6) is 2.55. The maximum Gasteiger partial charge on any atom is 0.122 e. The van der Waals surface area contributed by atoms with E-state index >= 15 is 0 Å². The van der Waals surface area contributed by atoms with Gasteiger partial charge in [-0.2, -0.15) is 0 Å². The second-order valence-electron chi connectivity index (χ2n) is 3.90. The molecule has 1 N–H and O–H groups in total. The van der Waals surface area contributed by atoms with Crippen LogP contribution in [0, 0.1) is 5.92 Å². The quantitative estimate of drug-likeness (QED) is 0.786. The third-order valence-electron chi connectivity index (χ3n) is 2.93. The monoisotopic (exact) mass is 191 g/mol. The van der Waals surface area contributed by atoms with E-state index in [4.69, 9.17) is 4.74 Å². The van der Waals surface area contributed by atoms with Gasteiger partial charge in [-0.3, -0.25) is 0 Å². The molecule has 0 saturated heterocycles. The highest BCUT2D eigenvalue weighted by Crippen LogP contribution is 2.49. The van der Waals surface area contributed by atoms with Crippen LogP contribution in [0.5, 0.6) is 5.75 Å². The molecule has 2 heteroatoms. The van der Waals surface area contributed by atoms with Crippen molar-refractivity contribution < 1.29 is 4.74 Å². The van der Waals surface area contributed by atoms with Crippen molar-refractivity contribution in [3.8, 4) is 5.75 Å². The fourth-order valence-electron chi connectivity index (χ4n) is 2.09. The Hall–Kier alpha value is -1.02. The Morgan fingerprint density at radius 2 is 2.21 bits per heavy atom. The first-order valence-corrected chi connectivity index (χ1v) is 5.14. The van der Waals surface area contributed by atoms with Gasteiger partial charge in [0, 0.05) is 0 Å². The van der Waals surface area contributed by atoms with Gasteiger partial charge in [0.2, 0.25) is 0 Å². The van der Waals surface area contributed by atoms with E-state index in [1.165, 1.54) is 12.0 Å². The van der Waals surface area contributed by atoms with E-state index in [9.17, 15) is 0 Å². The summed E-state index contributed by atoms with van der Waals surface area (Å²) < 4.78 is 5.35. The molecule has 0 bridgehead atoms. The Balaban J connectivity index is 2.10. The van der Waals surface area contributed by atoms with Crippen molar-refractivity contribution in [1.82, 2.24) is 5.32 Å². The molecule has 0 radical (unpaired) electrons. The van der Waals surface area contributed by atoms with Gasteiger partial charge in [-0.1, -0.05) is 18.2 Å². The van der Waals surface area contributed by atoms with Crippen molar-refractivity contribution in [3.05, 3.63) is 29.8 Å². The molecule has 1 aromatic rings. The second-order valence-corrected chi connectivity index (χ2v) is 3.90. The Bertz CT molecular complexity index is 311. The predicted octanol–water partition coefficient (Wildman–Crippen LogP) is 2.02. The highest BCUT2D eigenvalue weighted by molar-refractivity contribution is 5.39. The lowest BCUT2D eigenvalue weighted by atomic mass is 10.1. The standard InChI is InChI=1S/C12H17NO/c1-13-8-9-7-11(9)10-5-3-4-6-12(10)14-2/h3-6,9,11,13H,7-8H2,1-2H3/t9-,11-/m0/s1. The molecule has 0 aliphatic heterocycles. The van der Waals surface area contributed by atoms with E-state index in [0.717, 1.165) is 18.2 Å². The average Bonchev–Trinajstić information content (AvgIpc) is 2.98. The Labute approximate surface area is 85.3 Å². The lowest BCUT2D eigenvalue weighted by molar-refractivity contribution is 0.409. The number of ether oxygens (including phenoxy) is 1. The highest BCUT2D eigenvalue weighted by atomic mass is 16.5. The lowest BCUT2D eigenvalue weighted by Gasteiger charge is -2.07. The number of methoxy groups -OCH3 is 1. The number of para-hydroxylation sites is 1. The molecule has 1 aliphatic carbocycles. The van der Waals surface area contributed by atoms with Gasteiger partial charge in [-0.05, 0) is 43.5 Å². The van der Waals surface area contributed by atoms with Gasteiger partial charge in [0.1, 0.15) is 5.75 Å². The predicted molar refractivity (Wildman–Crippen MR) is 57.8 cm³/mol. The summed E-state index contributed by atoms with van der Waals surface area (Å²) in [4.78, 5) is 0. The van der Waals surface area contributed by atoms with Gasteiger partial charge in [-0.25, -0.2) is 0 Å².